The van der Waals surface area contributed by atoms with E-state index >= 15 is 0 Å². The topological polar surface area (TPSA) is 13.1 Å². The summed E-state index contributed by atoms with van der Waals surface area (Å²) < 4.78 is 6.70. The van der Waals surface area contributed by atoms with Crippen molar-refractivity contribution in [2.75, 3.05) is 0 Å². The average molecular weight is 533 g/mol. The van der Waals surface area contributed by atoms with Crippen molar-refractivity contribution in [1.82, 2.24) is 0 Å². The minimum absolute atomic E-state index is 0.368. The molecular formula is C41H24O. The largest absolute Gasteiger partial charge is 0.456 e. The van der Waals surface area contributed by atoms with Crippen molar-refractivity contribution in [3.05, 3.63) is 168 Å². The molecular weight excluding hydrogens is 508 g/mol. The Kier molecular flexibility index (Phi) is 4.18. The molecule has 1 heteroatoms. The fraction of sp³-hybridized carbons (Fsp3) is 0.0244. The molecule has 8 aromatic rings. The molecule has 0 amide bonds. The molecule has 0 atom stereocenters. The van der Waals surface area contributed by atoms with Crippen LogP contribution in [0.2, 0.25) is 0 Å². The zero-order valence-corrected chi connectivity index (χ0v) is 22.8. The molecule has 194 valence electrons. The zero-order valence-electron chi connectivity index (χ0n) is 22.8. The lowest BCUT2D eigenvalue weighted by Crippen LogP contribution is -2.25. The number of hydrogen-bond acceptors (Lipinski definition) is 1. The molecule has 1 aromatic heterocycles. The van der Waals surface area contributed by atoms with E-state index in [1.807, 2.05) is 0 Å². The van der Waals surface area contributed by atoms with Crippen molar-refractivity contribution < 1.29 is 4.42 Å². The molecule has 10 rings (SSSR count). The van der Waals surface area contributed by atoms with Gasteiger partial charge in [-0.2, -0.15) is 0 Å². The summed E-state index contributed by atoms with van der Waals surface area (Å²) in [5, 5.41) is 4.84. The van der Waals surface area contributed by atoms with Crippen LogP contribution in [0.4, 0.5) is 0 Å². The number of furan rings is 1. The van der Waals surface area contributed by atoms with Crippen LogP contribution >= 0.6 is 0 Å². The van der Waals surface area contributed by atoms with E-state index in [-0.39, 0.29) is 5.41 Å². The standard InChI is InChI=1S/C41H24O/c1-2-11-26-22-27(21-20-25(26)10-1)28-15-9-19-38-40(28)33-23-32-31-14-5-8-18-36(31)41(37(32)24-39(33)42-38)34-16-6-3-12-29(34)30-13-4-7-17-35(30)41/h1-24H. The number of benzene rings is 7. The van der Waals surface area contributed by atoms with Gasteiger partial charge in [0.15, 0.2) is 0 Å². The molecule has 1 nitrogen and oxygen atoms in total. The van der Waals surface area contributed by atoms with Crippen LogP contribution in [0.25, 0.3) is 66.1 Å². The molecule has 1 spiro atoms. The third-order valence-corrected chi connectivity index (χ3v) is 9.67. The van der Waals surface area contributed by atoms with Gasteiger partial charge in [-0.25, -0.2) is 0 Å². The van der Waals surface area contributed by atoms with E-state index < -0.39 is 0 Å². The summed E-state index contributed by atoms with van der Waals surface area (Å²) in [4.78, 5) is 0. The molecule has 0 saturated carbocycles. The molecule has 1 heterocycles. The average Bonchev–Trinajstić information content (AvgIpc) is 3.67. The van der Waals surface area contributed by atoms with Crippen LogP contribution in [0.15, 0.2) is 150 Å². The Bertz CT molecular complexity index is 2380. The molecule has 0 N–H and O–H groups in total. The van der Waals surface area contributed by atoms with Gasteiger partial charge in [-0.05, 0) is 90.7 Å². The molecule has 7 aromatic carbocycles. The van der Waals surface area contributed by atoms with Crippen LogP contribution in [0.3, 0.4) is 0 Å². The maximum absolute atomic E-state index is 6.70. The predicted octanol–water partition coefficient (Wildman–Crippen LogP) is 10.7. The lowest BCUT2D eigenvalue weighted by Gasteiger charge is -2.30. The highest BCUT2D eigenvalue weighted by Crippen LogP contribution is 2.63. The highest BCUT2D eigenvalue weighted by atomic mass is 16.3. The summed E-state index contributed by atoms with van der Waals surface area (Å²) in [7, 11) is 0. The first-order chi connectivity index (χ1) is 20.8. The normalized spacial score (nSPS) is 13.9. The first kappa shape index (κ1) is 22.3. The fourth-order valence-electron chi connectivity index (χ4n) is 8.01. The smallest absolute Gasteiger partial charge is 0.136 e. The Balaban J connectivity index is 1.31. The Labute approximate surface area is 243 Å². The SMILES string of the molecule is c1ccc2c(c1)-c1ccccc1C21c2ccccc2-c2cc3c(cc21)oc1cccc(-c2ccc4ccccc4c2)c13. The van der Waals surface area contributed by atoms with Crippen LogP contribution < -0.4 is 0 Å². The fourth-order valence-corrected chi connectivity index (χ4v) is 8.01. The van der Waals surface area contributed by atoms with Crippen molar-refractivity contribution in [3.8, 4) is 33.4 Å². The molecule has 42 heavy (non-hydrogen) atoms. The first-order valence-corrected chi connectivity index (χ1v) is 14.6. The summed E-state index contributed by atoms with van der Waals surface area (Å²) >= 11 is 0. The van der Waals surface area contributed by atoms with Crippen molar-refractivity contribution in [3.63, 3.8) is 0 Å². The summed E-state index contributed by atoms with van der Waals surface area (Å²) in [6.45, 7) is 0. The minimum atomic E-state index is -0.368. The van der Waals surface area contributed by atoms with E-state index in [0.29, 0.717) is 0 Å². The molecule has 2 aliphatic rings. The summed E-state index contributed by atoms with van der Waals surface area (Å²) in [5.74, 6) is 0. The second-order valence-corrected chi connectivity index (χ2v) is 11.6. The maximum atomic E-state index is 6.70. The third kappa shape index (κ3) is 2.64. The summed E-state index contributed by atoms with van der Waals surface area (Å²) in [5.41, 5.74) is 14.5. The van der Waals surface area contributed by atoms with Gasteiger partial charge in [-0.3, -0.25) is 0 Å². The van der Waals surface area contributed by atoms with Crippen LogP contribution in [0, 0.1) is 0 Å². The van der Waals surface area contributed by atoms with Gasteiger partial charge >= 0.3 is 0 Å². The second-order valence-electron chi connectivity index (χ2n) is 11.6. The summed E-state index contributed by atoms with van der Waals surface area (Å²) in [6.07, 6.45) is 0. The quantitative estimate of drug-likeness (QED) is 0.205. The Morgan fingerprint density at radius 2 is 0.976 bits per heavy atom. The van der Waals surface area contributed by atoms with Gasteiger partial charge in [0.2, 0.25) is 0 Å². The first-order valence-electron chi connectivity index (χ1n) is 14.6. The molecule has 0 radical (unpaired) electrons. The van der Waals surface area contributed by atoms with Crippen molar-refractivity contribution in [1.29, 1.82) is 0 Å². The molecule has 0 saturated heterocycles. The van der Waals surface area contributed by atoms with E-state index in [9.17, 15) is 0 Å². The lowest BCUT2D eigenvalue weighted by atomic mass is 9.70. The minimum Gasteiger partial charge on any atom is -0.456 e. The molecule has 2 aliphatic carbocycles. The van der Waals surface area contributed by atoms with E-state index in [0.717, 1.165) is 11.2 Å². The van der Waals surface area contributed by atoms with Gasteiger partial charge in [0.05, 0.1) is 5.41 Å². The van der Waals surface area contributed by atoms with Crippen molar-refractivity contribution in [2.24, 2.45) is 0 Å². The third-order valence-electron chi connectivity index (χ3n) is 9.67. The van der Waals surface area contributed by atoms with E-state index in [4.69, 9.17) is 4.42 Å². The van der Waals surface area contributed by atoms with Crippen LogP contribution in [-0.2, 0) is 5.41 Å². The highest BCUT2D eigenvalue weighted by Gasteiger charge is 2.51. The second kappa shape index (κ2) is 7.87. The molecule has 0 unspecified atom stereocenters. The van der Waals surface area contributed by atoms with Crippen LogP contribution in [0.1, 0.15) is 22.3 Å². The predicted molar refractivity (Wildman–Crippen MR) is 173 cm³/mol. The molecule has 0 aliphatic heterocycles. The van der Waals surface area contributed by atoms with Gasteiger partial charge in [0, 0.05) is 10.8 Å². The van der Waals surface area contributed by atoms with Crippen LogP contribution in [0.5, 0.6) is 0 Å². The number of fused-ring (bicyclic) bond motifs is 14. The number of hydrogen-bond donors (Lipinski definition) is 0. The van der Waals surface area contributed by atoms with E-state index in [1.54, 1.807) is 0 Å². The molecule has 0 bridgehead atoms. The Morgan fingerprint density at radius 3 is 1.69 bits per heavy atom. The van der Waals surface area contributed by atoms with Gasteiger partial charge in [-0.15, -0.1) is 0 Å². The van der Waals surface area contributed by atoms with Gasteiger partial charge < -0.3 is 4.42 Å². The Hall–Kier alpha value is -5.40. The van der Waals surface area contributed by atoms with Gasteiger partial charge in [-0.1, -0.05) is 121 Å². The Morgan fingerprint density at radius 1 is 0.381 bits per heavy atom. The molecule has 0 fully saturated rings. The summed E-state index contributed by atoms with van der Waals surface area (Å²) in [6, 6.07) is 53.4. The van der Waals surface area contributed by atoms with Crippen molar-refractivity contribution >= 4 is 32.7 Å². The van der Waals surface area contributed by atoms with E-state index in [2.05, 4.69) is 146 Å². The zero-order chi connectivity index (χ0) is 27.4. The van der Waals surface area contributed by atoms with Crippen molar-refractivity contribution in [2.45, 2.75) is 5.41 Å². The van der Waals surface area contributed by atoms with Gasteiger partial charge in [0.1, 0.15) is 11.2 Å². The van der Waals surface area contributed by atoms with Gasteiger partial charge in [0.25, 0.3) is 0 Å². The number of rotatable bonds is 1. The van der Waals surface area contributed by atoms with Crippen LogP contribution in [-0.4, -0.2) is 0 Å². The monoisotopic (exact) mass is 532 g/mol. The highest BCUT2D eigenvalue weighted by molar-refractivity contribution is 6.15. The lowest BCUT2D eigenvalue weighted by molar-refractivity contribution is 0.666. The van der Waals surface area contributed by atoms with E-state index in [1.165, 1.54) is 77.2 Å². The maximum Gasteiger partial charge on any atom is 0.136 e.